The minimum absolute atomic E-state index is 0.0439. The second kappa shape index (κ2) is 8.98. The van der Waals surface area contributed by atoms with Crippen molar-refractivity contribution in [3.63, 3.8) is 0 Å². The average Bonchev–Trinajstić information content (AvgIpc) is 2.34. The van der Waals surface area contributed by atoms with Crippen LogP contribution >= 0.6 is 0 Å². The fourth-order valence-corrected chi connectivity index (χ4v) is 1.64. The molecule has 0 saturated heterocycles. The summed E-state index contributed by atoms with van der Waals surface area (Å²) in [5, 5.41) is 2.52. The molecule has 100 valence electrons. The third-order valence-electron chi connectivity index (χ3n) is 2.58. The molecule has 3 N–H and O–H groups in total. The Hall–Kier alpha value is -1.10. The highest BCUT2D eigenvalue weighted by molar-refractivity contribution is 5.83. The van der Waals surface area contributed by atoms with Crippen molar-refractivity contribution in [3.05, 3.63) is 0 Å². The standard InChI is InChI=1S/C12H25N3O2/c1-4-8-15(9-5-2)12(17)10(13)6-7-11(16)14-3/h10H,4-9,13H2,1-3H3,(H,14,16). The Morgan fingerprint density at radius 2 is 1.76 bits per heavy atom. The predicted molar refractivity (Wildman–Crippen MR) is 68.4 cm³/mol. The normalized spacial score (nSPS) is 12.0. The molecule has 0 fully saturated rings. The Morgan fingerprint density at radius 1 is 1.24 bits per heavy atom. The molecule has 5 heteroatoms. The van der Waals surface area contributed by atoms with E-state index >= 15 is 0 Å². The van der Waals surface area contributed by atoms with Crippen LogP contribution in [0.1, 0.15) is 39.5 Å². The Morgan fingerprint density at radius 3 is 2.18 bits per heavy atom. The van der Waals surface area contributed by atoms with Gasteiger partial charge in [-0.15, -0.1) is 0 Å². The number of rotatable bonds is 8. The summed E-state index contributed by atoms with van der Waals surface area (Å²) in [5.41, 5.74) is 5.81. The maximum atomic E-state index is 12.0. The van der Waals surface area contributed by atoms with Gasteiger partial charge in [-0.25, -0.2) is 0 Å². The molecule has 5 nitrogen and oxygen atoms in total. The van der Waals surface area contributed by atoms with Crippen LogP contribution in [0.3, 0.4) is 0 Å². The van der Waals surface area contributed by atoms with Crippen molar-refractivity contribution in [2.45, 2.75) is 45.6 Å². The minimum atomic E-state index is -0.564. The van der Waals surface area contributed by atoms with Gasteiger partial charge in [0.25, 0.3) is 0 Å². The Kier molecular flexibility index (Phi) is 8.40. The second-order valence-corrected chi connectivity index (χ2v) is 4.14. The molecule has 0 aliphatic rings. The zero-order valence-corrected chi connectivity index (χ0v) is 11.2. The fraction of sp³-hybridized carbons (Fsp3) is 0.833. The number of nitrogens with zero attached hydrogens (tertiary/aromatic N) is 1. The molecule has 17 heavy (non-hydrogen) atoms. The Bertz CT molecular complexity index is 238. The van der Waals surface area contributed by atoms with E-state index in [0.29, 0.717) is 12.8 Å². The number of nitrogens with one attached hydrogen (secondary N) is 1. The Labute approximate surface area is 104 Å². The summed E-state index contributed by atoms with van der Waals surface area (Å²) in [4.78, 5) is 24.8. The summed E-state index contributed by atoms with van der Waals surface area (Å²) in [5.74, 6) is -0.122. The SMILES string of the molecule is CCCN(CCC)C(=O)C(N)CCC(=O)NC. The minimum Gasteiger partial charge on any atom is -0.359 e. The van der Waals surface area contributed by atoms with Gasteiger partial charge in [-0.05, 0) is 19.3 Å². The molecule has 0 radical (unpaired) electrons. The molecule has 0 aliphatic carbocycles. The van der Waals surface area contributed by atoms with E-state index in [0.717, 1.165) is 25.9 Å². The smallest absolute Gasteiger partial charge is 0.239 e. The summed E-state index contributed by atoms with van der Waals surface area (Å²) in [6.07, 6.45) is 2.56. The van der Waals surface area contributed by atoms with E-state index in [1.54, 1.807) is 11.9 Å². The number of carbonyl (C=O) groups is 2. The maximum absolute atomic E-state index is 12.0. The van der Waals surface area contributed by atoms with Crippen LogP contribution in [-0.2, 0) is 9.59 Å². The molecule has 0 aliphatic heterocycles. The summed E-state index contributed by atoms with van der Waals surface area (Å²) in [7, 11) is 1.58. The van der Waals surface area contributed by atoms with Crippen LogP contribution in [0, 0.1) is 0 Å². The zero-order chi connectivity index (χ0) is 13.3. The van der Waals surface area contributed by atoms with E-state index in [1.807, 2.05) is 13.8 Å². The van der Waals surface area contributed by atoms with Gasteiger partial charge < -0.3 is 16.0 Å². The van der Waals surface area contributed by atoms with Gasteiger partial charge in [0, 0.05) is 26.6 Å². The predicted octanol–water partition coefficient (Wildman–Crippen LogP) is 0.489. The molecule has 1 atom stereocenters. The van der Waals surface area contributed by atoms with Crippen LogP contribution in [0.2, 0.25) is 0 Å². The van der Waals surface area contributed by atoms with Gasteiger partial charge in [-0.3, -0.25) is 9.59 Å². The van der Waals surface area contributed by atoms with Crippen molar-refractivity contribution < 1.29 is 9.59 Å². The summed E-state index contributed by atoms with van der Waals surface area (Å²) < 4.78 is 0. The van der Waals surface area contributed by atoms with Gasteiger partial charge in [-0.2, -0.15) is 0 Å². The largest absolute Gasteiger partial charge is 0.359 e. The molecule has 0 aromatic heterocycles. The molecule has 0 aromatic rings. The lowest BCUT2D eigenvalue weighted by molar-refractivity contribution is -0.133. The van der Waals surface area contributed by atoms with Crippen molar-refractivity contribution in [2.24, 2.45) is 5.73 Å². The van der Waals surface area contributed by atoms with E-state index in [2.05, 4.69) is 5.32 Å². The topological polar surface area (TPSA) is 75.4 Å². The second-order valence-electron chi connectivity index (χ2n) is 4.14. The lowest BCUT2D eigenvalue weighted by atomic mass is 10.1. The van der Waals surface area contributed by atoms with Gasteiger partial charge >= 0.3 is 0 Å². The molecular weight excluding hydrogens is 218 g/mol. The van der Waals surface area contributed by atoms with Crippen LogP contribution < -0.4 is 11.1 Å². The lowest BCUT2D eigenvalue weighted by Crippen LogP contribution is -2.44. The maximum Gasteiger partial charge on any atom is 0.239 e. The molecule has 0 spiro atoms. The van der Waals surface area contributed by atoms with Gasteiger partial charge in [0.15, 0.2) is 0 Å². The third-order valence-corrected chi connectivity index (χ3v) is 2.58. The number of carbonyl (C=O) groups excluding carboxylic acids is 2. The number of hydrogen-bond donors (Lipinski definition) is 2. The monoisotopic (exact) mass is 243 g/mol. The summed E-state index contributed by atoms with van der Waals surface area (Å²) >= 11 is 0. The molecule has 0 bridgehead atoms. The highest BCUT2D eigenvalue weighted by Crippen LogP contribution is 2.03. The van der Waals surface area contributed by atoms with E-state index in [1.165, 1.54) is 0 Å². The molecule has 0 aromatic carbocycles. The van der Waals surface area contributed by atoms with Gasteiger partial charge in [0.1, 0.15) is 0 Å². The van der Waals surface area contributed by atoms with Crippen molar-refractivity contribution in [1.82, 2.24) is 10.2 Å². The number of amides is 2. The van der Waals surface area contributed by atoms with Crippen LogP contribution in [0.25, 0.3) is 0 Å². The first-order chi connectivity index (χ1) is 8.06. The molecule has 2 amide bonds. The van der Waals surface area contributed by atoms with Crippen molar-refractivity contribution in [3.8, 4) is 0 Å². The summed E-state index contributed by atoms with van der Waals surface area (Å²) in [6.45, 7) is 5.54. The molecular formula is C12H25N3O2. The highest BCUT2D eigenvalue weighted by Gasteiger charge is 2.20. The van der Waals surface area contributed by atoms with Crippen LogP contribution in [0.4, 0.5) is 0 Å². The number of nitrogens with two attached hydrogens (primary N) is 1. The van der Waals surface area contributed by atoms with Crippen LogP contribution in [0.15, 0.2) is 0 Å². The summed E-state index contributed by atoms with van der Waals surface area (Å²) in [6, 6.07) is -0.564. The Balaban J connectivity index is 4.19. The van der Waals surface area contributed by atoms with Crippen LogP contribution in [0.5, 0.6) is 0 Å². The molecule has 0 rings (SSSR count). The van der Waals surface area contributed by atoms with Crippen LogP contribution in [-0.4, -0.2) is 42.9 Å². The first-order valence-electron chi connectivity index (χ1n) is 6.31. The fourth-order valence-electron chi connectivity index (χ4n) is 1.64. The van der Waals surface area contributed by atoms with Crippen molar-refractivity contribution >= 4 is 11.8 Å². The van der Waals surface area contributed by atoms with E-state index in [4.69, 9.17) is 5.73 Å². The lowest BCUT2D eigenvalue weighted by Gasteiger charge is -2.24. The first kappa shape index (κ1) is 15.9. The van der Waals surface area contributed by atoms with Crippen molar-refractivity contribution in [2.75, 3.05) is 20.1 Å². The number of hydrogen-bond acceptors (Lipinski definition) is 3. The van der Waals surface area contributed by atoms with Gasteiger partial charge in [0.05, 0.1) is 6.04 Å². The molecule has 1 unspecified atom stereocenters. The zero-order valence-electron chi connectivity index (χ0n) is 11.2. The molecule has 0 heterocycles. The van der Waals surface area contributed by atoms with Gasteiger partial charge in [-0.1, -0.05) is 13.8 Å². The van der Waals surface area contributed by atoms with E-state index in [-0.39, 0.29) is 11.8 Å². The quantitative estimate of drug-likeness (QED) is 0.651. The highest BCUT2D eigenvalue weighted by atomic mass is 16.2. The van der Waals surface area contributed by atoms with E-state index < -0.39 is 6.04 Å². The van der Waals surface area contributed by atoms with Gasteiger partial charge in [0.2, 0.25) is 11.8 Å². The van der Waals surface area contributed by atoms with E-state index in [9.17, 15) is 9.59 Å². The molecule has 0 saturated carbocycles. The van der Waals surface area contributed by atoms with Crippen molar-refractivity contribution in [1.29, 1.82) is 0 Å². The third kappa shape index (κ3) is 6.26. The average molecular weight is 243 g/mol. The first-order valence-corrected chi connectivity index (χ1v) is 6.31.